The average Bonchev–Trinajstić information content (AvgIpc) is 3.27. The molecular weight excluding hydrogens is 377 g/mol. The second kappa shape index (κ2) is 6.50. The predicted octanol–water partition coefficient (Wildman–Crippen LogP) is 1.81. The molecule has 3 aromatic heterocycles. The number of rotatable bonds is 3. The molecule has 1 fully saturated rings. The van der Waals surface area contributed by atoms with Crippen LogP contribution in [0.5, 0.6) is 0 Å². The second-order valence-corrected chi connectivity index (χ2v) is 7.36. The van der Waals surface area contributed by atoms with Crippen molar-refractivity contribution in [1.82, 2.24) is 29.1 Å². The van der Waals surface area contributed by atoms with Gasteiger partial charge in [-0.15, -0.1) is 0 Å². The minimum Gasteiger partial charge on any atom is -0.369 e. The molecule has 0 radical (unpaired) electrons. The van der Waals surface area contributed by atoms with E-state index in [1.54, 1.807) is 15.2 Å². The van der Waals surface area contributed by atoms with Crippen molar-refractivity contribution in [2.45, 2.75) is 31.7 Å². The minimum absolute atomic E-state index is 0.0772. The molecule has 4 aromatic rings. The van der Waals surface area contributed by atoms with Crippen molar-refractivity contribution in [3.63, 3.8) is 0 Å². The highest BCUT2D eigenvalue weighted by atomic mass is 19.1. The van der Waals surface area contributed by atoms with Crippen LogP contribution in [0.1, 0.15) is 31.7 Å². The van der Waals surface area contributed by atoms with Gasteiger partial charge in [-0.1, -0.05) is 0 Å². The van der Waals surface area contributed by atoms with Gasteiger partial charge in [0.15, 0.2) is 5.65 Å². The van der Waals surface area contributed by atoms with E-state index in [-0.39, 0.29) is 29.4 Å². The predicted molar refractivity (Wildman–Crippen MR) is 103 cm³/mol. The van der Waals surface area contributed by atoms with Crippen LogP contribution in [0.3, 0.4) is 0 Å². The van der Waals surface area contributed by atoms with Crippen LogP contribution in [0, 0.1) is 11.7 Å². The summed E-state index contributed by atoms with van der Waals surface area (Å²) in [5.74, 6) is -0.530. The number of hydrogen-bond donors (Lipinski definition) is 2. The molecule has 1 aromatic carbocycles. The summed E-state index contributed by atoms with van der Waals surface area (Å²) in [4.78, 5) is 39.9. The number of hydrogen-bond acceptors (Lipinski definition) is 5. The molecule has 3 N–H and O–H groups in total. The van der Waals surface area contributed by atoms with Gasteiger partial charge in [0, 0.05) is 18.0 Å². The maximum Gasteiger partial charge on any atom is 0.327 e. The van der Waals surface area contributed by atoms with Gasteiger partial charge in [-0.25, -0.2) is 19.2 Å². The molecular formula is C19H18FN7O2. The Morgan fingerprint density at radius 1 is 1.21 bits per heavy atom. The molecule has 0 aliphatic heterocycles. The molecule has 5 rings (SSSR count). The lowest BCUT2D eigenvalue weighted by Crippen LogP contribution is -2.31. The number of aromatic amines is 1. The number of primary amides is 1. The Balaban J connectivity index is 1.58. The topological polar surface area (TPSA) is 124 Å². The van der Waals surface area contributed by atoms with Crippen LogP contribution in [-0.4, -0.2) is 35.0 Å². The van der Waals surface area contributed by atoms with Crippen molar-refractivity contribution in [3.05, 3.63) is 47.0 Å². The van der Waals surface area contributed by atoms with Crippen LogP contribution in [0.4, 0.5) is 4.39 Å². The van der Waals surface area contributed by atoms with Crippen LogP contribution >= 0.6 is 0 Å². The summed E-state index contributed by atoms with van der Waals surface area (Å²) >= 11 is 0. The number of nitrogens with two attached hydrogens (primary N) is 1. The van der Waals surface area contributed by atoms with E-state index in [1.807, 2.05) is 0 Å². The average molecular weight is 395 g/mol. The van der Waals surface area contributed by atoms with Crippen molar-refractivity contribution in [2.75, 3.05) is 0 Å². The van der Waals surface area contributed by atoms with Gasteiger partial charge < -0.3 is 10.7 Å². The highest BCUT2D eigenvalue weighted by molar-refractivity contribution is 5.78. The van der Waals surface area contributed by atoms with Crippen molar-refractivity contribution >= 4 is 28.1 Å². The minimum atomic E-state index is -0.384. The van der Waals surface area contributed by atoms with Gasteiger partial charge in [-0.3, -0.25) is 13.9 Å². The van der Waals surface area contributed by atoms with Crippen LogP contribution in [0.25, 0.3) is 28.1 Å². The molecule has 10 heteroatoms. The number of nitrogens with zero attached hydrogens (tertiary/aromatic N) is 5. The number of fused-ring (bicyclic) bond motifs is 2. The SMILES string of the molecule is NC(=O)C1CCC(n2c(=O)[nH]c3cnc(-n4cnc5ccc(F)cc54)nc32)CC1. The molecule has 29 heavy (non-hydrogen) atoms. The molecule has 0 saturated heterocycles. The van der Waals surface area contributed by atoms with Gasteiger partial charge in [0.2, 0.25) is 11.9 Å². The van der Waals surface area contributed by atoms with Crippen LogP contribution in [0.15, 0.2) is 35.5 Å². The third kappa shape index (κ3) is 2.87. The van der Waals surface area contributed by atoms with E-state index < -0.39 is 0 Å². The number of imidazole rings is 2. The second-order valence-electron chi connectivity index (χ2n) is 7.36. The largest absolute Gasteiger partial charge is 0.369 e. The van der Waals surface area contributed by atoms with Gasteiger partial charge in [0.05, 0.1) is 17.2 Å². The fraction of sp³-hybridized carbons (Fsp3) is 0.316. The zero-order valence-electron chi connectivity index (χ0n) is 15.4. The molecule has 0 atom stereocenters. The van der Waals surface area contributed by atoms with E-state index in [1.165, 1.54) is 24.7 Å². The lowest BCUT2D eigenvalue weighted by molar-refractivity contribution is -0.122. The quantitative estimate of drug-likeness (QED) is 0.547. The van der Waals surface area contributed by atoms with Gasteiger partial charge in [-0.05, 0) is 37.8 Å². The van der Waals surface area contributed by atoms with Crippen LogP contribution < -0.4 is 11.4 Å². The zero-order valence-corrected chi connectivity index (χ0v) is 15.4. The van der Waals surface area contributed by atoms with Crippen LogP contribution in [-0.2, 0) is 4.79 Å². The number of carbonyl (C=O) groups excluding carboxylic acids is 1. The molecule has 1 amide bonds. The van der Waals surface area contributed by atoms with E-state index in [9.17, 15) is 14.0 Å². The summed E-state index contributed by atoms with van der Waals surface area (Å²) < 4.78 is 16.9. The summed E-state index contributed by atoms with van der Waals surface area (Å²) in [7, 11) is 0. The first kappa shape index (κ1) is 17.5. The fourth-order valence-corrected chi connectivity index (χ4v) is 4.12. The van der Waals surface area contributed by atoms with E-state index in [0.29, 0.717) is 53.8 Å². The lowest BCUT2D eigenvalue weighted by atomic mass is 9.85. The first-order chi connectivity index (χ1) is 14.0. The van der Waals surface area contributed by atoms with Gasteiger partial charge in [0.25, 0.3) is 0 Å². The molecule has 9 nitrogen and oxygen atoms in total. The first-order valence-corrected chi connectivity index (χ1v) is 9.41. The normalized spacial score (nSPS) is 19.8. The number of halogens is 1. The first-order valence-electron chi connectivity index (χ1n) is 9.41. The molecule has 3 heterocycles. The molecule has 0 bridgehead atoms. The Bertz CT molecular complexity index is 1300. The number of aromatic nitrogens is 6. The van der Waals surface area contributed by atoms with Gasteiger partial charge >= 0.3 is 5.69 Å². The summed E-state index contributed by atoms with van der Waals surface area (Å²) in [6, 6.07) is 4.22. The number of H-pyrrole nitrogens is 1. The van der Waals surface area contributed by atoms with E-state index >= 15 is 0 Å². The Kier molecular flexibility index (Phi) is 3.93. The van der Waals surface area contributed by atoms with Crippen LogP contribution in [0.2, 0.25) is 0 Å². The van der Waals surface area contributed by atoms with Gasteiger partial charge in [-0.2, -0.15) is 4.98 Å². The number of carbonyl (C=O) groups is 1. The number of nitrogens with one attached hydrogen (secondary N) is 1. The Labute approximate surface area is 163 Å². The maximum atomic E-state index is 13.7. The smallest absolute Gasteiger partial charge is 0.327 e. The molecule has 1 aliphatic rings. The molecule has 0 unspecified atom stereocenters. The Morgan fingerprint density at radius 2 is 2.00 bits per heavy atom. The third-order valence-corrected chi connectivity index (χ3v) is 5.63. The van der Waals surface area contributed by atoms with Crippen molar-refractivity contribution in [3.8, 4) is 5.95 Å². The molecule has 1 aliphatic carbocycles. The van der Waals surface area contributed by atoms with Crippen molar-refractivity contribution < 1.29 is 9.18 Å². The van der Waals surface area contributed by atoms with Crippen molar-refractivity contribution in [1.29, 1.82) is 0 Å². The highest BCUT2D eigenvalue weighted by Gasteiger charge is 2.28. The highest BCUT2D eigenvalue weighted by Crippen LogP contribution is 2.32. The summed E-state index contributed by atoms with van der Waals surface area (Å²) in [6.45, 7) is 0. The fourth-order valence-electron chi connectivity index (χ4n) is 4.12. The molecule has 1 saturated carbocycles. The standard InChI is InChI=1S/C19H18FN7O2/c20-11-3-6-13-15(7-11)26(9-23-13)18-22-8-14-17(25-18)27(19(29)24-14)12-4-1-10(2-5-12)16(21)28/h3,6-10,12H,1-2,4-5H2,(H2,21,28)(H,24,29). The van der Waals surface area contributed by atoms with Gasteiger partial charge in [0.1, 0.15) is 17.7 Å². The molecule has 148 valence electrons. The molecule has 0 spiro atoms. The Hall–Kier alpha value is -3.56. The van der Waals surface area contributed by atoms with Crippen molar-refractivity contribution in [2.24, 2.45) is 11.7 Å². The summed E-state index contributed by atoms with van der Waals surface area (Å²) in [5.41, 5.74) is 7.29. The maximum absolute atomic E-state index is 13.7. The monoisotopic (exact) mass is 395 g/mol. The number of benzene rings is 1. The van der Waals surface area contributed by atoms with E-state index in [4.69, 9.17) is 5.73 Å². The summed E-state index contributed by atoms with van der Waals surface area (Å²) in [6.07, 6.45) is 5.68. The Morgan fingerprint density at radius 3 is 2.76 bits per heavy atom. The lowest BCUT2D eigenvalue weighted by Gasteiger charge is -2.27. The number of amides is 1. The van der Waals surface area contributed by atoms with E-state index in [0.717, 1.165) is 0 Å². The zero-order chi connectivity index (χ0) is 20.1. The van der Waals surface area contributed by atoms with E-state index in [2.05, 4.69) is 19.9 Å². The summed E-state index contributed by atoms with van der Waals surface area (Å²) in [5, 5.41) is 0. The third-order valence-electron chi connectivity index (χ3n) is 5.63.